The Balaban J connectivity index is 1.24. The van der Waals surface area contributed by atoms with Gasteiger partial charge in [-0.15, -0.1) is 0 Å². The predicted molar refractivity (Wildman–Crippen MR) is 125 cm³/mol. The summed E-state index contributed by atoms with van der Waals surface area (Å²) in [6, 6.07) is -1.28. The number of imide groups is 1. The van der Waals surface area contributed by atoms with Gasteiger partial charge in [0.25, 0.3) is 0 Å². The number of hydrogen-bond acceptors (Lipinski definition) is 7. The van der Waals surface area contributed by atoms with Gasteiger partial charge in [-0.3, -0.25) is 24.2 Å². The van der Waals surface area contributed by atoms with Crippen LogP contribution in [0.1, 0.15) is 52.4 Å². The van der Waals surface area contributed by atoms with E-state index in [2.05, 4.69) is 10.2 Å². The summed E-state index contributed by atoms with van der Waals surface area (Å²) >= 11 is 0. The molecule has 2 aliphatic carbocycles. The first kappa shape index (κ1) is 24.5. The van der Waals surface area contributed by atoms with Crippen LogP contribution in [-0.2, 0) is 23.9 Å². The molecule has 0 unspecified atom stereocenters. The van der Waals surface area contributed by atoms with Crippen molar-refractivity contribution in [3.05, 3.63) is 0 Å². The van der Waals surface area contributed by atoms with Crippen LogP contribution in [0.2, 0.25) is 0 Å². The van der Waals surface area contributed by atoms with Gasteiger partial charge in [-0.25, -0.2) is 4.79 Å². The fraction of sp³-hybridized carbons (Fsp3) is 0.840. The van der Waals surface area contributed by atoms with Crippen molar-refractivity contribution in [2.45, 2.75) is 70.5 Å². The average Bonchev–Trinajstić information content (AvgIpc) is 3.52. The van der Waals surface area contributed by atoms with Crippen molar-refractivity contribution in [1.82, 2.24) is 20.0 Å². The zero-order valence-corrected chi connectivity index (χ0v) is 20.9. The maximum absolute atomic E-state index is 13.8. The van der Waals surface area contributed by atoms with Crippen LogP contribution in [0, 0.1) is 17.3 Å². The summed E-state index contributed by atoms with van der Waals surface area (Å²) in [5, 5.41) is 2.79. The molecule has 5 aliphatic rings. The first-order valence-electron chi connectivity index (χ1n) is 13.2. The molecule has 5 rings (SSSR count). The van der Waals surface area contributed by atoms with Crippen LogP contribution in [-0.4, -0.2) is 103 Å². The Labute approximate surface area is 206 Å². The molecule has 3 heterocycles. The minimum atomic E-state index is -0.745. The fourth-order valence-corrected chi connectivity index (χ4v) is 6.29. The van der Waals surface area contributed by atoms with Gasteiger partial charge in [-0.1, -0.05) is 20.3 Å². The van der Waals surface area contributed by atoms with Crippen LogP contribution in [0.15, 0.2) is 0 Å². The molecule has 0 aromatic carbocycles. The molecular weight excluding hydrogens is 452 g/mol. The molecule has 3 atom stereocenters. The first-order chi connectivity index (χ1) is 16.8. The van der Waals surface area contributed by atoms with Crippen molar-refractivity contribution in [2.75, 3.05) is 46.0 Å². The maximum Gasteiger partial charge on any atom is 0.407 e. The molecule has 0 bridgehead atoms. The van der Waals surface area contributed by atoms with Crippen LogP contribution in [0.5, 0.6) is 0 Å². The highest BCUT2D eigenvalue weighted by molar-refractivity contribution is 6.04. The number of nitrogens with zero attached hydrogens (tertiary/aromatic N) is 3. The first-order valence-corrected chi connectivity index (χ1v) is 13.2. The minimum Gasteiger partial charge on any atom is -0.448 e. The predicted octanol–water partition coefficient (Wildman–Crippen LogP) is 0.988. The third kappa shape index (κ3) is 4.43. The zero-order valence-electron chi connectivity index (χ0n) is 20.9. The van der Waals surface area contributed by atoms with Gasteiger partial charge in [0.15, 0.2) is 0 Å². The van der Waals surface area contributed by atoms with Crippen LogP contribution in [0.4, 0.5) is 4.79 Å². The number of fused-ring (bicyclic) bond motifs is 2. The molecule has 0 aromatic rings. The monoisotopic (exact) mass is 490 g/mol. The Hall–Kier alpha value is -2.20. The molecule has 10 nitrogen and oxygen atoms in total. The number of rotatable bonds is 7. The summed E-state index contributed by atoms with van der Waals surface area (Å²) in [6.07, 6.45) is 4.07. The van der Waals surface area contributed by atoms with Gasteiger partial charge in [-0.2, -0.15) is 0 Å². The minimum absolute atomic E-state index is 0.0307. The van der Waals surface area contributed by atoms with Gasteiger partial charge < -0.3 is 19.7 Å². The van der Waals surface area contributed by atoms with Gasteiger partial charge in [0.2, 0.25) is 17.7 Å². The maximum atomic E-state index is 13.8. The van der Waals surface area contributed by atoms with Crippen LogP contribution < -0.4 is 5.32 Å². The van der Waals surface area contributed by atoms with Gasteiger partial charge in [-0.05, 0) is 38.0 Å². The highest BCUT2D eigenvalue weighted by Gasteiger charge is 2.68. The van der Waals surface area contributed by atoms with Crippen LogP contribution in [0.25, 0.3) is 0 Å². The van der Waals surface area contributed by atoms with Gasteiger partial charge in [0.05, 0.1) is 30.7 Å². The number of likely N-dealkylation sites (tertiary alicyclic amines) is 2. The number of morpholine rings is 1. The second kappa shape index (κ2) is 9.69. The Morgan fingerprint density at radius 1 is 1.11 bits per heavy atom. The van der Waals surface area contributed by atoms with Gasteiger partial charge in [0, 0.05) is 32.1 Å². The van der Waals surface area contributed by atoms with E-state index in [1.54, 1.807) is 4.90 Å². The lowest BCUT2D eigenvalue weighted by atomic mass is 9.64. The third-order valence-electron chi connectivity index (χ3n) is 8.55. The van der Waals surface area contributed by atoms with E-state index in [0.717, 1.165) is 32.4 Å². The molecule has 1 spiro atoms. The van der Waals surface area contributed by atoms with Crippen molar-refractivity contribution < 1.29 is 28.7 Å². The standard InChI is InChI=1S/C25H38N4O6/c1-16(2)19(26-24(33)35-15-12-27-10-13-34-14-11-27)22(31)28-9-6-18-20(28)25(7-3-8-25)23(32)29(18)21(30)17-4-5-17/h16-20H,3-15H2,1-2H3,(H,26,33)/t18-,19-,20-/m0/s1. The Morgan fingerprint density at radius 2 is 1.83 bits per heavy atom. The largest absolute Gasteiger partial charge is 0.448 e. The number of carbonyl (C=O) groups excluding carboxylic acids is 4. The number of carbonyl (C=O) groups is 4. The quantitative estimate of drug-likeness (QED) is 0.530. The van der Waals surface area contributed by atoms with E-state index >= 15 is 0 Å². The molecule has 35 heavy (non-hydrogen) atoms. The number of ether oxygens (including phenoxy) is 2. The Kier molecular flexibility index (Phi) is 6.78. The molecule has 0 aromatic heterocycles. The number of amides is 4. The zero-order chi connectivity index (χ0) is 24.7. The molecule has 5 fully saturated rings. The number of nitrogens with one attached hydrogen (secondary N) is 1. The number of alkyl carbamates (subject to hydrolysis) is 1. The van der Waals surface area contributed by atoms with E-state index in [0.29, 0.717) is 45.6 Å². The van der Waals surface area contributed by atoms with E-state index in [1.165, 1.54) is 4.90 Å². The fourth-order valence-electron chi connectivity index (χ4n) is 6.29. The summed E-state index contributed by atoms with van der Waals surface area (Å²) in [5.74, 6) is -0.489. The summed E-state index contributed by atoms with van der Waals surface area (Å²) in [6.45, 7) is 8.15. The van der Waals surface area contributed by atoms with Gasteiger partial charge in [0.1, 0.15) is 12.6 Å². The second-order valence-corrected chi connectivity index (χ2v) is 11.1. The SMILES string of the molecule is CC(C)[C@H](NC(=O)OCCN1CCOCC1)C(=O)N1CC[C@H]2[C@H]1C1(CCC1)C(=O)N2C(=O)C1CC1. The van der Waals surface area contributed by atoms with Crippen LogP contribution >= 0.6 is 0 Å². The molecule has 3 saturated heterocycles. The highest BCUT2D eigenvalue weighted by Crippen LogP contribution is 2.56. The smallest absolute Gasteiger partial charge is 0.407 e. The molecular formula is C25H38N4O6. The lowest BCUT2D eigenvalue weighted by Crippen LogP contribution is -2.58. The van der Waals surface area contributed by atoms with Crippen molar-refractivity contribution in [2.24, 2.45) is 17.3 Å². The summed E-state index contributed by atoms with van der Waals surface area (Å²) in [4.78, 5) is 58.3. The topological polar surface area (TPSA) is 108 Å². The van der Waals surface area contributed by atoms with Crippen molar-refractivity contribution in [3.63, 3.8) is 0 Å². The van der Waals surface area contributed by atoms with E-state index in [-0.39, 0.29) is 48.2 Å². The van der Waals surface area contributed by atoms with Crippen molar-refractivity contribution in [1.29, 1.82) is 0 Å². The average molecular weight is 491 g/mol. The molecule has 194 valence electrons. The van der Waals surface area contributed by atoms with E-state index in [1.807, 2.05) is 13.8 Å². The lowest BCUT2D eigenvalue weighted by molar-refractivity contribution is -0.152. The molecule has 10 heteroatoms. The van der Waals surface area contributed by atoms with Gasteiger partial charge >= 0.3 is 6.09 Å². The molecule has 0 radical (unpaired) electrons. The third-order valence-corrected chi connectivity index (χ3v) is 8.55. The van der Waals surface area contributed by atoms with E-state index in [4.69, 9.17) is 9.47 Å². The summed E-state index contributed by atoms with van der Waals surface area (Å²) in [7, 11) is 0. The highest BCUT2D eigenvalue weighted by atomic mass is 16.5. The second-order valence-electron chi connectivity index (χ2n) is 11.1. The lowest BCUT2D eigenvalue weighted by Gasteiger charge is -2.44. The van der Waals surface area contributed by atoms with E-state index in [9.17, 15) is 19.2 Å². The molecule has 1 N–H and O–H groups in total. The molecule has 2 saturated carbocycles. The Bertz CT molecular complexity index is 864. The summed E-state index contributed by atoms with van der Waals surface area (Å²) in [5.41, 5.74) is -0.637. The Morgan fingerprint density at radius 3 is 2.43 bits per heavy atom. The van der Waals surface area contributed by atoms with E-state index < -0.39 is 17.6 Å². The summed E-state index contributed by atoms with van der Waals surface area (Å²) < 4.78 is 10.7. The normalized spacial score (nSPS) is 28.7. The number of hydrogen-bond donors (Lipinski definition) is 1. The molecule has 3 aliphatic heterocycles. The van der Waals surface area contributed by atoms with Crippen molar-refractivity contribution in [3.8, 4) is 0 Å². The van der Waals surface area contributed by atoms with Crippen molar-refractivity contribution >= 4 is 23.8 Å². The molecule has 4 amide bonds. The van der Waals surface area contributed by atoms with Crippen LogP contribution in [0.3, 0.4) is 0 Å².